The Kier molecular flexibility index (Phi) is 4.36. The van der Waals surface area contributed by atoms with Crippen molar-refractivity contribution in [1.29, 1.82) is 0 Å². The lowest BCUT2D eigenvalue weighted by molar-refractivity contribution is -0.192. The summed E-state index contributed by atoms with van der Waals surface area (Å²) in [6.45, 7) is 4.56. The van der Waals surface area contributed by atoms with Gasteiger partial charge in [-0.1, -0.05) is 0 Å². The summed E-state index contributed by atoms with van der Waals surface area (Å²) in [6, 6.07) is 0.439. The Morgan fingerprint density at radius 2 is 2.13 bits per heavy atom. The fourth-order valence-corrected chi connectivity index (χ4v) is 1.59. The van der Waals surface area contributed by atoms with Gasteiger partial charge in [0.1, 0.15) is 0 Å². The summed E-state index contributed by atoms with van der Waals surface area (Å²) in [4.78, 5) is 6.61. The van der Waals surface area contributed by atoms with Crippen LogP contribution in [0.1, 0.15) is 20.3 Å². The Morgan fingerprint density at radius 3 is 2.60 bits per heavy atom. The zero-order chi connectivity index (χ0) is 11.5. The van der Waals surface area contributed by atoms with E-state index in [1.807, 2.05) is 0 Å². The van der Waals surface area contributed by atoms with Crippen molar-refractivity contribution >= 4 is 0 Å². The zero-order valence-electron chi connectivity index (χ0n) is 8.97. The van der Waals surface area contributed by atoms with E-state index in [1.165, 1.54) is 0 Å². The maximum atomic E-state index is 11.8. The number of rotatable bonds is 4. The van der Waals surface area contributed by atoms with E-state index >= 15 is 0 Å². The van der Waals surface area contributed by atoms with Gasteiger partial charge >= 0.3 is 6.18 Å². The van der Waals surface area contributed by atoms with Crippen molar-refractivity contribution in [3.05, 3.63) is 0 Å². The van der Waals surface area contributed by atoms with E-state index in [4.69, 9.17) is 0 Å². The van der Waals surface area contributed by atoms with Crippen molar-refractivity contribution in [1.82, 2.24) is 10.4 Å². The minimum Gasteiger partial charge on any atom is -0.299 e. The molecule has 1 fully saturated rings. The summed E-state index contributed by atoms with van der Waals surface area (Å²) < 4.78 is 35.3. The molecule has 1 unspecified atom stereocenters. The Hall–Kier alpha value is -0.330. The second-order valence-corrected chi connectivity index (χ2v) is 4.10. The average Bonchev–Trinajstić information content (AvgIpc) is 2.50. The molecule has 0 aromatic carbocycles. The molecule has 90 valence electrons. The molecule has 1 aliphatic rings. The third kappa shape index (κ3) is 4.81. The van der Waals surface area contributed by atoms with Gasteiger partial charge in [-0.15, -0.1) is 0 Å². The molecule has 0 aromatic rings. The topological polar surface area (TPSA) is 24.5 Å². The molecule has 1 rings (SSSR count). The maximum absolute atomic E-state index is 11.8. The van der Waals surface area contributed by atoms with E-state index in [2.05, 4.69) is 29.1 Å². The van der Waals surface area contributed by atoms with Crippen LogP contribution >= 0.6 is 0 Å². The monoisotopic (exact) mass is 226 g/mol. The third-order valence-corrected chi connectivity index (χ3v) is 2.44. The minimum absolute atomic E-state index is 0.00903. The lowest BCUT2D eigenvalue weighted by Crippen LogP contribution is -2.36. The summed E-state index contributed by atoms with van der Waals surface area (Å²) in [5.41, 5.74) is 2.46. The number of hydrogen-bond donors (Lipinski definition) is 1. The first kappa shape index (κ1) is 12.7. The van der Waals surface area contributed by atoms with Crippen molar-refractivity contribution in [2.75, 3.05) is 19.7 Å². The molecular weight excluding hydrogens is 209 g/mol. The number of hydrogen-bond acceptors (Lipinski definition) is 3. The van der Waals surface area contributed by atoms with Crippen molar-refractivity contribution in [2.45, 2.75) is 38.5 Å². The van der Waals surface area contributed by atoms with Crippen LogP contribution in [0.5, 0.6) is 0 Å². The van der Waals surface area contributed by atoms with E-state index in [-0.39, 0.29) is 6.04 Å². The van der Waals surface area contributed by atoms with E-state index in [0.29, 0.717) is 6.04 Å². The minimum atomic E-state index is -4.26. The normalized spacial score (nSPS) is 24.0. The third-order valence-electron chi connectivity index (χ3n) is 2.44. The van der Waals surface area contributed by atoms with Gasteiger partial charge in [-0.05, 0) is 20.3 Å². The van der Waals surface area contributed by atoms with Gasteiger partial charge in [0.2, 0.25) is 0 Å². The fourth-order valence-electron chi connectivity index (χ4n) is 1.59. The highest BCUT2D eigenvalue weighted by atomic mass is 19.4. The quantitative estimate of drug-likeness (QED) is 0.736. The molecule has 15 heavy (non-hydrogen) atoms. The van der Waals surface area contributed by atoms with Crippen LogP contribution in [-0.4, -0.2) is 42.9 Å². The molecular formula is C9H17F3N2O. The van der Waals surface area contributed by atoms with Crippen molar-refractivity contribution in [2.24, 2.45) is 0 Å². The van der Waals surface area contributed by atoms with E-state index in [1.54, 1.807) is 0 Å². The van der Waals surface area contributed by atoms with Crippen molar-refractivity contribution in [3.63, 3.8) is 0 Å². The highest BCUT2D eigenvalue weighted by Crippen LogP contribution is 2.15. The standard InChI is InChI=1S/C9H17F3N2O/c1-7(2)14-4-3-8(5-14)13-15-6-9(10,11)12/h7-8,13H,3-6H2,1-2H3. The molecule has 0 aromatic heterocycles. The van der Waals surface area contributed by atoms with Crippen molar-refractivity contribution < 1.29 is 18.0 Å². The van der Waals surface area contributed by atoms with Crippen LogP contribution in [0.25, 0.3) is 0 Å². The molecule has 1 saturated heterocycles. The second-order valence-electron chi connectivity index (χ2n) is 4.10. The Morgan fingerprint density at radius 1 is 1.47 bits per heavy atom. The number of likely N-dealkylation sites (tertiary alicyclic amines) is 1. The summed E-state index contributed by atoms with van der Waals surface area (Å²) in [5, 5.41) is 0. The molecule has 0 aliphatic carbocycles. The lowest BCUT2D eigenvalue weighted by atomic mass is 10.3. The number of hydroxylamine groups is 1. The van der Waals surface area contributed by atoms with Gasteiger partial charge in [-0.25, -0.2) is 0 Å². The first-order chi connectivity index (χ1) is 6.88. The van der Waals surface area contributed by atoms with Crippen LogP contribution in [0.15, 0.2) is 0 Å². The molecule has 1 aliphatic heterocycles. The van der Waals surface area contributed by atoms with Crippen LogP contribution in [0.2, 0.25) is 0 Å². The number of nitrogens with zero attached hydrogens (tertiary/aromatic N) is 1. The Balaban J connectivity index is 2.14. The van der Waals surface area contributed by atoms with Crippen LogP contribution in [0.3, 0.4) is 0 Å². The first-order valence-corrected chi connectivity index (χ1v) is 5.06. The zero-order valence-corrected chi connectivity index (χ0v) is 8.97. The van der Waals surface area contributed by atoms with Gasteiger partial charge in [0.15, 0.2) is 6.61 Å². The van der Waals surface area contributed by atoms with Gasteiger partial charge in [0, 0.05) is 25.2 Å². The molecule has 6 heteroatoms. The molecule has 3 nitrogen and oxygen atoms in total. The molecule has 0 radical (unpaired) electrons. The largest absolute Gasteiger partial charge is 0.413 e. The fraction of sp³-hybridized carbons (Fsp3) is 1.00. The SMILES string of the molecule is CC(C)N1CCC(NOCC(F)(F)F)C1. The highest BCUT2D eigenvalue weighted by Gasteiger charge is 2.29. The molecule has 1 heterocycles. The molecule has 1 N–H and O–H groups in total. The maximum Gasteiger partial charge on any atom is 0.413 e. The average molecular weight is 226 g/mol. The number of halogens is 3. The summed E-state index contributed by atoms with van der Waals surface area (Å²) in [5.74, 6) is 0. The molecule has 0 amide bonds. The van der Waals surface area contributed by atoms with Gasteiger partial charge in [-0.3, -0.25) is 9.74 Å². The predicted molar refractivity (Wildman–Crippen MR) is 50.3 cm³/mol. The molecule has 0 spiro atoms. The van der Waals surface area contributed by atoms with Crippen LogP contribution in [-0.2, 0) is 4.84 Å². The van der Waals surface area contributed by atoms with Gasteiger partial charge < -0.3 is 0 Å². The second kappa shape index (κ2) is 5.14. The molecule has 0 saturated carbocycles. The number of nitrogens with one attached hydrogen (secondary N) is 1. The van der Waals surface area contributed by atoms with E-state index < -0.39 is 12.8 Å². The van der Waals surface area contributed by atoms with E-state index in [0.717, 1.165) is 19.5 Å². The van der Waals surface area contributed by atoms with Crippen LogP contribution in [0, 0.1) is 0 Å². The van der Waals surface area contributed by atoms with Gasteiger partial charge in [-0.2, -0.15) is 18.7 Å². The first-order valence-electron chi connectivity index (χ1n) is 5.06. The van der Waals surface area contributed by atoms with Gasteiger partial charge in [0.05, 0.1) is 0 Å². The smallest absolute Gasteiger partial charge is 0.299 e. The highest BCUT2D eigenvalue weighted by molar-refractivity contribution is 4.80. The molecule has 0 bridgehead atoms. The van der Waals surface area contributed by atoms with E-state index in [9.17, 15) is 13.2 Å². The Bertz CT molecular complexity index is 196. The predicted octanol–water partition coefficient (Wildman–Crippen LogP) is 1.55. The molecule has 1 atom stereocenters. The lowest BCUT2D eigenvalue weighted by Gasteiger charge is -2.20. The van der Waals surface area contributed by atoms with Gasteiger partial charge in [0.25, 0.3) is 0 Å². The van der Waals surface area contributed by atoms with Crippen LogP contribution in [0.4, 0.5) is 13.2 Å². The van der Waals surface area contributed by atoms with Crippen molar-refractivity contribution in [3.8, 4) is 0 Å². The number of alkyl halides is 3. The van der Waals surface area contributed by atoms with Crippen LogP contribution < -0.4 is 5.48 Å². The summed E-state index contributed by atoms with van der Waals surface area (Å²) in [6.07, 6.45) is -3.43. The Labute approximate surface area is 87.5 Å². The summed E-state index contributed by atoms with van der Waals surface area (Å²) in [7, 11) is 0. The summed E-state index contributed by atoms with van der Waals surface area (Å²) >= 11 is 0.